The molecule has 0 amide bonds. The molecule has 0 saturated carbocycles. The van der Waals surface area contributed by atoms with Crippen molar-refractivity contribution in [2.45, 2.75) is 25.4 Å². The van der Waals surface area contributed by atoms with Gasteiger partial charge in [0.2, 0.25) is 0 Å². The second-order valence-corrected chi connectivity index (χ2v) is 6.06. The van der Waals surface area contributed by atoms with Crippen molar-refractivity contribution in [3.8, 4) is 11.8 Å². The second-order valence-electron chi connectivity index (χ2n) is 6.06. The Morgan fingerprint density at radius 3 is 2.67 bits per heavy atom. The Bertz CT molecular complexity index is 981. The Kier molecular flexibility index (Phi) is 5.25. The second kappa shape index (κ2) is 7.61. The van der Waals surface area contributed by atoms with E-state index in [1.54, 1.807) is 24.3 Å². The van der Waals surface area contributed by atoms with E-state index < -0.39 is 12.1 Å². The van der Waals surface area contributed by atoms with Crippen LogP contribution in [0.15, 0.2) is 53.1 Å². The van der Waals surface area contributed by atoms with Crippen LogP contribution in [0.5, 0.6) is 0 Å². The summed E-state index contributed by atoms with van der Waals surface area (Å²) in [6, 6.07) is 7.13. The minimum atomic E-state index is -4.43. The average Bonchev–Trinajstić information content (AvgIpc) is 3.02. The maximum absolute atomic E-state index is 12.7. The SMILES string of the molecule is O=C(CCC(=O)/C1=C/C=C\C(C(F)(F)F)C#CC1)C1=C=Nc2ccccc21. The number of hydrogen-bond acceptors (Lipinski definition) is 3. The summed E-state index contributed by atoms with van der Waals surface area (Å²) in [6.45, 7) is 0. The summed E-state index contributed by atoms with van der Waals surface area (Å²) in [6.07, 6.45) is -1.12. The number of hydrogen-bond donors (Lipinski definition) is 0. The topological polar surface area (TPSA) is 46.5 Å². The first-order valence-corrected chi connectivity index (χ1v) is 8.28. The number of allylic oxidation sites excluding steroid dienone is 5. The van der Waals surface area contributed by atoms with Crippen LogP contribution < -0.4 is 0 Å². The third-order valence-corrected chi connectivity index (χ3v) is 4.17. The number of benzene rings is 1. The lowest BCUT2D eigenvalue weighted by atomic mass is 9.96. The Morgan fingerprint density at radius 2 is 1.89 bits per heavy atom. The van der Waals surface area contributed by atoms with Gasteiger partial charge in [0.05, 0.1) is 11.3 Å². The van der Waals surface area contributed by atoms with Gasteiger partial charge in [0.25, 0.3) is 0 Å². The molecule has 1 aromatic carbocycles. The molecule has 1 aromatic rings. The summed E-state index contributed by atoms with van der Waals surface area (Å²) < 4.78 is 38.0. The molecule has 136 valence electrons. The van der Waals surface area contributed by atoms with E-state index in [0.29, 0.717) is 22.4 Å². The number of halogens is 3. The van der Waals surface area contributed by atoms with Gasteiger partial charge in [-0.05, 0) is 11.9 Å². The van der Waals surface area contributed by atoms with Crippen molar-refractivity contribution in [2.75, 3.05) is 0 Å². The van der Waals surface area contributed by atoms with Gasteiger partial charge in [-0.15, -0.1) is 0 Å². The summed E-state index contributed by atoms with van der Waals surface area (Å²) in [5, 5.41) is 0. The highest BCUT2D eigenvalue weighted by Crippen LogP contribution is 2.30. The third kappa shape index (κ3) is 4.33. The molecule has 0 radical (unpaired) electrons. The molecule has 0 spiro atoms. The molecular weight excluding hydrogens is 355 g/mol. The predicted octanol–water partition coefficient (Wildman–Crippen LogP) is 4.37. The van der Waals surface area contributed by atoms with Crippen LogP contribution >= 0.6 is 0 Å². The van der Waals surface area contributed by atoms with Gasteiger partial charge in [-0.25, -0.2) is 4.99 Å². The monoisotopic (exact) mass is 369 g/mol. The zero-order valence-corrected chi connectivity index (χ0v) is 14.1. The van der Waals surface area contributed by atoms with E-state index >= 15 is 0 Å². The van der Waals surface area contributed by atoms with Gasteiger partial charge in [-0.2, -0.15) is 13.2 Å². The molecule has 0 fully saturated rings. The number of para-hydroxylation sites is 1. The predicted molar refractivity (Wildman–Crippen MR) is 95.4 cm³/mol. The normalized spacial score (nSPS) is 20.9. The first-order chi connectivity index (χ1) is 12.9. The lowest BCUT2D eigenvalue weighted by Crippen LogP contribution is -2.19. The Hall–Kier alpha value is -3.16. The molecule has 3 rings (SSSR count). The number of alkyl halides is 3. The molecule has 1 unspecified atom stereocenters. The maximum atomic E-state index is 12.7. The molecule has 0 saturated heterocycles. The van der Waals surface area contributed by atoms with Crippen LogP contribution in [0.2, 0.25) is 0 Å². The fourth-order valence-corrected chi connectivity index (χ4v) is 2.71. The number of aliphatic imine (C=N–C) groups is 1. The minimum Gasteiger partial charge on any atom is -0.295 e. The van der Waals surface area contributed by atoms with Gasteiger partial charge >= 0.3 is 6.18 Å². The van der Waals surface area contributed by atoms with E-state index in [2.05, 4.69) is 22.7 Å². The van der Waals surface area contributed by atoms with Crippen molar-refractivity contribution in [1.82, 2.24) is 0 Å². The number of fused-ring (bicyclic) bond motifs is 1. The van der Waals surface area contributed by atoms with E-state index in [1.165, 1.54) is 12.2 Å². The summed E-state index contributed by atoms with van der Waals surface area (Å²) in [5.74, 6) is 4.82. The first kappa shape index (κ1) is 18.6. The van der Waals surface area contributed by atoms with E-state index in [9.17, 15) is 22.8 Å². The van der Waals surface area contributed by atoms with Crippen LogP contribution in [0.3, 0.4) is 0 Å². The van der Waals surface area contributed by atoms with E-state index in [4.69, 9.17) is 0 Å². The largest absolute Gasteiger partial charge is 0.405 e. The molecule has 6 heteroatoms. The molecule has 0 bridgehead atoms. The molecule has 0 aromatic heterocycles. The molecule has 1 aliphatic heterocycles. The lowest BCUT2D eigenvalue weighted by molar-refractivity contribution is -0.146. The number of carbonyl (C=O) groups excluding carboxylic acids is 2. The van der Waals surface area contributed by atoms with Gasteiger partial charge in [0.1, 0.15) is 5.92 Å². The van der Waals surface area contributed by atoms with Crippen LogP contribution in [0.4, 0.5) is 18.9 Å². The van der Waals surface area contributed by atoms with E-state index in [0.717, 1.165) is 6.08 Å². The number of Topliss-reactive ketones (excluding diaryl/α,β-unsaturated/α-hetero) is 2. The Morgan fingerprint density at radius 1 is 1.15 bits per heavy atom. The summed E-state index contributed by atoms with van der Waals surface area (Å²) in [7, 11) is 0. The summed E-state index contributed by atoms with van der Waals surface area (Å²) in [4.78, 5) is 28.7. The van der Waals surface area contributed by atoms with Gasteiger partial charge in [0, 0.05) is 30.4 Å². The van der Waals surface area contributed by atoms with Crippen LogP contribution in [-0.2, 0) is 9.59 Å². The quantitative estimate of drug-likeness (QED) is 0.724. The summed E-state index contributed by atoms with van der Waals surface area (Å²) in [5.41, 5.74) is 1.99. The Labute approximate surface area is 154 Å². The zero-order chi connectivity index (χ0) is 19.4. The van der Waals surface area contributed by atoms with Crippen molar-refractivity contribution in [2.24, 2.45) is 10.9 Å². The van der Waals surface area contributed by atoms with Crippen molar-refractivity contribution < 1.29 is 22.8 Å². The molecule has 1 aliphatic carbocycles. The molecule has 2 aliphatic rings. The number of rotatable bonds is 5. The average molecular weight is 369 g/mol. The van der Waals surface area contributed by atoms with E-state index in [1.807, 2.05) is 0 Å². The fraction of sp³-hybridized carbons (Fsp3) is 0.238. The third-order valence-electron chi connectivity index (χ3n) is 4.17. The molecular formula is C21H14F3NO2. The summed E-state index contributed by atoms with van der Waals surface area (Å²) >= 11 is 0. The maximum Gasteiger partial charge on any atom is 0.405 e. The minimum absolute atomic E-state index is 0.0231. The van der Waals surface area contributed by atoms with Crippen molar-refractivity contribution in [3.63, 3.8) is 0 Å². The Balaban J connectivity index is 1.62. The molecule has 27 heavy (non-hydrogen) atoms. The smallest absolute Gasteiger partial charge is 0.295 e. The highest BCUT2D eigenvalue weighted by molar-refractivity contribution is 6.32. The lowest BCUT2D eigenvalue weighted by Gasteiger charge is -2.11. The number of ketones is 2. The van der Waals surface area contributed by atoms with Gasteiger partial charge in [-0.3, -0.25) is 9.59 Å². The highest BCUT2D eigenvalue weighted by atomic mass is 19.4. The molecule has 1 heterocycles. The van der Waals surface area contributed by atoms with Crippen LogP contribution in [0.1, 0.15) is 24.8 Å². The van der Waals surface area contributed by atoms with Crippen LogP contribution in [-0.4, -0.2) is 23.6 Å². The number of nitrogens with zero attached hydrogens (tertiary/aromatic N) is 1. The van der Waals surface area contributed by atoms with Crippen LogP contribution in [0, 0.1) is 17.8 Å². The highest BCUT2D eigenvalue weighted by Gasteiger charge is 2.36. The van der Waals surface area contributed by atoms with Gasteiger partial charge < -0.3 is 0 Å². The van der Waals surface area contributed by atoms with Crippen molar-refractivity contribution >= 4 is 28.7 Å². The van der Waals surface area contributed by atoms with Crippen LogP contribution in [0.25, 0.3) is 5.57 Å². The van der Waals surface area contributed by atoms with E-state index in [-0.39, 0.29) is 30.8 Å². The van der Waals surface area contributed by atoms with Crippen molar-refractivity contribution in [3.05, 3.63) is 53.6 Å². The van der Waals surface area contributed by atoms with Gasteiger partial charge in [-0.1, -0.05) is 48.3 Å². The standard InChI is InChI=1S/C21H14F3NO2/c22-21(23,24)15-7-3-5-14(6-4-8-15)19(26)11-12-20(27)17-13-25-18-10-2-1-9-16(17)18/h1-3,5,7,9-10,15H,6,11-12H2/b7-3-,14-5+. The fourth-order valence-electron chi connectivity index (χ4n) is 2.71. The van der Waals surface area contributed by atoms with Gasteiger partial charge in [0.15, 0.2) is 11.6 Å². The number of carbonyl (C=O) groups is 2. The van der Waals surface area contributed by atoms with Crippen molar-refractivity contribution in [1.29, 1.82) is 0 Å². The first-order valence-electron chi connectivity index (χ1n) is 8.28. The molecule has 1 atom stereocenters. The molecule has 3 nitrogen and oxygen atoms in total. The zero-order valence-electron chi connectivity index (χ0n) is 14.1. The molecule has 0 N–H and O–H groups in total.